The van der Waals surface area contributed by atoms with Gasteiger partial charge in [-0.05, 0) is 24.3 Å². The van der Waals surface area contributed by atoms with Crippen molar-refractivity contribution in [3.8, 4) is 0 Å². The van der Waals surface area contributed by atoms with Crippen molar-refractivity contribution < 1.29 is 19.1 Å². The van der Waals surface area contributed by atoms with Gasteiger partial charge in [-0.1, -0.05) is 41.9 Å². The Morgan fingerprint density at radius 2 is 1.59 bits per heavy atom. The highest BCUT2D eigenvalue weighted by atomic mass is 35.5. The van der Waals surface area contributed by atoms with Crippen molar-refractivity contribution >= 4 is 29.4 Å². The number of ether oxygens (including phenoxy) is 1. The Balaban J connectivity index is 1.87. The fourth-order valence-electron chi connectivity index (χ4n) is 1.66. The maximum absolute atomic E-state index is 11.8. The van der Waals surface area contributed by atoms with Gasteiger partial charge < -0.3 is 4.74 Å². The van der Waals surface area contributed by atoms with Crippen molar-refractivity contribution in [2.45, 2.75) is 0 Å². The number of carbonyl (C=O) groups excluding carboxylic acids is 3. The number of carbonyl (C=O) groups is 3. The van der Waals surface area contributed by atoms with E-state index in [1.807, 2.05) is 0 Å². The molecule has 2 aromatic rings. The first-order valence-electron chi connectivity index (χ1n) is 6.39. The van der Waals surface area contributed by atoms with Crippen molar-refractivity contribution in [3.05, 3.63) is 70.7 Å². The summed E-state index contributed by atoms with van der Waals surface area (Å²) in [6.07, 6.45) is 0. The van der Waals surface area contributed by atoms with E-state index in [0.717, 1.165) is 0 Å². The summed E-state index contributed by atoms with van der Waals surface area (Å²) < 4.78 is 4.82. The SMILES string of the molecule is O=C(COC(=O)c1ccccc1Cl)NC(=O)c1ccccc1. The Hall–Kier alpha value is -2.66. The second-order valence-corrected chi connectivity index (χ2v) is 4.71. The van der Waals surface area contributed by atoms with E-state index in [4.69, 9.17) is 16.3 Å². The predicted molar refractivity (Wildman–Crippen MR) is 80.6 cm³/mol. The van der Waals surface area contributed by atoms with Gasteiger partial charge in [0, 0.05) is 5.56 Å². The van der Waals surface area contributed by atoms with Gasteiger partial charge in [-0.25, -0.2) is 4.79 Å². The van der Waals surface area contributed by atoms with Gasteiger partial charge in [0.1, 0.15) is 0 Å². The van der Waals surface area contributed by atoms with Crippen LogP contribution < -0.4 is 5.32 Å². The molecule has 0 saturated heterocycles. The molecule has 0 atom stereocenters. The summed E-state index contributed by atoms with van der Waals surface area (Å²) >= 11 is 5.84. The fourth-order valence-corrected chi connectivity index (χ4v) is 1.87. The average Bonchev–Trinajstić information content (AvgIpc) is 2.54. The predicted octanol–water partition coefficient (Wildman–Crippen LogP) is 2.45. The standard InChI is InChI=1S/C16H12ClNO4/c17-13-9-5-4-8-12(13)16(21)22-10-14(19)18-15(20)11-6-2-1-3-7-11/h1-9H,10H2,(H,18,19,20). The molecule has 0 aliphatic heterocycles. The van der Waals surface area contributed by atoms with Gasteiger partial charge in [0.05, 0.1) is 10.6 Å². The van der Waals surface area contributed by atoms with Crippen molar-refractivity contribution in [1.82, 2.24) is 5.32 Å². The molecule has 0 bridgehead atoms. The summed E-state index contributed by atoms with van der Waals surface area (Å²) in [5.74, 6) is -2.00. The summed E-state index contributed by atoms with van der Waals surface area (Å²) in [6, 6.07) is 14.6. The van der Waals surface area contributed by atoms with Crippen LogP contribution in [0.1, 0.15) is 20.7 Å². The molecule has 1 N–H and O–H groups in total. The number of halogens is 1. The topological polar surface area (TPSA) is 72.5 Å². The molecule has 0 heterocycles. The fraction of sp³-hybridized carbons (Fsp3) is 0.0625. The van der Waals surface area contributed by atoms with Gasteiger partial charge >= 0.3 is 5.97 Å². The molecule has 0 aliphatic rings. The minimum absolute atomic E-state index is 0.159. The first kappa shape index (κ1) is 15.7. The lowest BCUT2D eigenvalue weighted by Crippen LogP contribution is -2.34. The first-order valence-corrected chi connectivity index (χ1v) is 6.76. The zero-order valence-corrected chi connectivity index (χ0v) is 12.2. The maximum Gasteiger partial charge on any atom is 0.340 e. The highest BCUT2D eigenvalue weighted by Crippen LogP contribution is 2.15. The van der Waals surface area contributed by atoms with E-state index in [0.29, 0.717) is 5.56 Å². The first-order chi connectivity index (χ1) is 10.6. The third-order valence-corrected chi connectivity index (χ3v) is 3.05. The molecule has 0 fully saturated rings. The van der Waals surface area contributed by atoms with Crippen molar-refractivity contribution in [2.75, 3.05) is 6.61 Å². The molecule has 0 aliphatic carbocycles. The molecule has 2 rings (SSSR count). The van der Waals surface area contributed by atoms with Gasteiger partial charge in [-0.2, -0.15) is 0 Å². The van der Waals surface area contributed by atoms with E-state index in [2.05, 4.69) is 5.32 Å². The Morgan fingerprint density at radius 1 is 0.955 bits per heavy atom. The Kier molecular flexibility index (Phi) is 5.27. The maximum atomic E-state index is 11.8. The molecule has 0 spiro atoms. The van der Waals surface area contributed by atoms with Crippen molar-refractivity contribution in [1.29, 1.82) is 0 Å². The normalized spacial score (nSPS) is 9.86. The smallest absolute Gasteiger partial charge is 0.340 e. The lowest BCUT2D eigenvalue weighted by Gasteiger charge is -2.06. The minimum Gasteiger partial charge on any atom is -0.452 e. The highest BCUT2D eigenvalue weighted by molar-refractivity contribution is 6.33. The molecule has 0 unspecified atom stereocenters. The average molecular weight is 318 g/mol. The zero-order valence-electron chi connectivity index (χ0n) is 11.4. The molecule has 5 nitrogen and oxygen atoms in total. The van der Waals surface area contributed by atoms with E-state index in [1.165, 1.54) is 12.1 Å². The molecule has 0 saturated carbocycles. The van der Waals surface area contributed by atoms with Crippen LogP contribution in [0.25, 0.3) is 0 Å². The number of amides is 2. The summed E-state index contributed by atoms with van der Waals surface area (Å²) in [7, 11) is 0. The van der Waals surface area contributed by atoms with Gasteiger partial charge in [0.2, 0.25) is 0 Å². The molecule has 2 aromatic carbocycles. The second kappa shape index (κ2) is 7.38. The summed E-state index contributed by atoms with van der Waals surface area (Å²) in [5.41, 5.74) is 0.500. The largest absolute Gasteiger partial charge is 0.452 e. The Morgan fingerprint density at radius 3 is 2.27 bits per heavy atom. The molecule has 22 heavy (non-hydrogen) atoms. The van der Waals surface area contributed by atoms with Crippen molar-refractivity contribution in [3.63, 3.8) is 0 Å². The van der Waals surface area contributed by atoms with Crippen LogP contribution in [0.2, 0.25) is 5.02 Å². The van der Waals surface area contributed by atoms with Gasteiger partial charge in [0.25, 0.3) is 11.8 Å². The van der Waals surface area contributed by atoms with Gasteiger partial charge in [0.15, 0.2) is 6.61 Å². The highest BCUT2D eigenvalue weighted by Gasteiger charge is 2.15. The van der Waals surface area contributed by atoms with E-state index in [9.17, 15) is 14.4 Å². The molecule has 0 radical (unpaired) electrons. The van der Waals surface area contributed by atoms with E-state index in [1.54, 1.807) is 42.5 Å². The second-order valence-electron chi connectivity index (χ2n) is 4.30. The lowest BCUT2D eigenvalue weighted by atomic mass is 10.2. The number of rotatable bonds is 4. The number of imide groups is 1. The van der Waals surface area contributed by atoms with E-state index < -0.39 is 24.4 Å². The van der Waals surface area contributed by atoms with Gasteiger partial charge in [-0.15, -0.1) is 0 Å². The quantitative estimate of drug-likeness (QED) is 0.879. The number of esters is 1. The van der Waals surface area contributed by atoms with Crippen molar-refractivity contribution in [2.24, 2.45) is 0 Å². The third-order valence-electron chi connectivity index (χ3n) is 2.72. The lowest BCUT2D eigenvalue weighted by molar-refractivity contribution is -0.123. The number of hydrogen-bond acceptors (Lipinski definition) is 4. The molecule has 6 heteroatoms. The van der Waals surface area contributed by atoms with Gasteiger partial charge in [-0.3, -0.25) is 14.9 Å². The number of hydrogen-bond donors (Lipinski definition) is 1. The van der Waals surface area contributed by atoms with E-state index >= 15 is 0 Å². The molecular formula is C16H12ClNO4. The Bertz CT molecular complexity index is 700. The molecule has 0 aromatic heterocycles. The Labute approximate surface area is 131 Å². The minimum atomic E-state index is -0.729. The van der Waals surface area contributed by atoms with E-state index in [-0.39, 0.29) is 10.6 Å². The van der Waals surface area contributed by atoms with Crippen LogP contribution in [0.4, 0.5) is 0 Å². The monoisotopic (exact) mass is 317 g/mol. The molecule has 112 valence electrons. The number of nitrogens with one attached hydrogen (secondary N) is 1. The van der Waals surface area contributed by atoms with Crippen LogP contribution in [0.5, 0.6) is 0 Å². The van der Waals surface area contributed by atoms with Crippen LogP contribution in [-0.4, -0.2) is 24.4 Å². The zero-order chi connectivity index (χ0) is 15.9. The number of benzene rings is 2. The summed E-state index contributed by atoms with van der Waals surface area (Å²) in [6.45, 7) is -0.567. The van der Waals surface area contributed by atoms with Crippen LogP contribution in [0.3, 0.4) is 0 Å². The summed E-state index contributed by atoms with van der Waals surface area (Å²) in [5, 5.41) is 2.36. The third kappa shape index (κ3) is 4.17. The van der Waals surface area contributed by atoms with Crippen LogP contribution in [-0.2, 0) is 9.53 Å². The van der Waals surface area contributed by atoms with Crippen LogP contribution >= 0.6 is 11.6 Å². The van der Waals surface area contributed by atoms with Crippen LogP contribution in [0, 0.1) is 0 Å². The van der Waals surface area contributed by atoms with Crippen LogP contribution in [0.15, 0.2) is 54.6 Å². The summed E-state index contributed by atoms with van der Waals surface area (Å²) in [4.78, 5) is 35.1. The molecular weight excluding hydrogens is 306 g/mol. The molecule has 2 amide bonds.